The minimum Gasteiger partial charge on any atom is -0.258 e. The van der Waals surface area contributed by atoms with E-state index >= 15 is 0 Å². The van der Waals surface area contributed by atoms with Crippen molar-refractivity contribution < 1.29 is 9.31 Å². The van der Waals surface area contributed by atoms with Crippen LogP contribution in [0.25, 0.3) is 5.69 Å². The van der Waals surface area contributed by atoms with Gasteiger partial charge in [0.25, 0.3) is 0 Å². The fourth-order valence-electron chi connectivity index (χ4n) is 1.64. The lowest BCUT2D eigenvalue weighted by molar-refractivity contribution is -0.385. The molecule has 5 nitrogen and oxygen atoms in total. The van der Waals surface area contributed by atoms with Gasteiger partial charge in [0.1, 0.15) is 11.5 Å². The van der Waals surface area contributed by atoms with Crippen molar-refractivity contribution in [1.82, 2.24) is 9.78 Å². The minimum atomic E-state index is -0.647. The van der Waals surface area contributed by atoms with Crippen molar-refractivity contribution in [3.8, 4) is 5.69 Å². The summed E-state index contributed by atoms with van der Waals surface area (Å²) < 4.78 is 14.5. The van der Waals surface area contributed by atoms with Crippen LogP contribution in [0.3, 0.4) is 0 Å². The number of aryl methyl sites for hydroxylation is 1. The van der Waals surface area contributed by atoms with E-state index in [1.54, 1.807) is 6.92 Å². The van der Waals surface area contributed by atoms with Gasteiger partial charge in [-0.3, -0.25) is 10.1 Å². The maximum atomic E-state index is 13.4. The standard InChI is InChI=1S/C11H8Cl2FN3O2/c1-2-9-10(17(18)19)11(13)16(15-9)6-3-4-7(12)8(14)5-6/h3-5H,2H2,1H3. The summed E-state index contributed by atoms with van der Waals surface area (Å²) in [5.74, 6) is -0.647. The summed E-state index contributed by atoms with van der Waals surface area (Å²) in [6, 6.07) is 3.93. The summed E-state index contributed by atoms with van der Waals surface area (Å²) in [6.45, 7) is 1.72. The van der Waals surface area contributed by atoms with E-state index in [1.165, 1.54) is 12.1 Å². The van der Waals surface area contributed by atoms with Gasteiger partial charge in [-0.15, -0.1) is 0 Å². The quantitative estimate of drug-likeness (QED) is 0.640. The van der Waals surface area contributed by atoms with Crippen molar-refractivity contribution in [2.75, 3.05) is 0 Å². The summed E-state index contributed by atoms with van der Waals surface area (Å²) in [6.07, 6.45) is 0.346. The van der Waals surface area contributed by atoms with Crippen LogP contribution < -0.4 is 0 Å². The molecule has 0 radical (unpaired) electrons. The smallest absolute Gasteiger partial charge is 0.258 e. The average molecular weight is 304 g/mol. The van der Waals surface area contributed by atoms with Gasteiger partial charge in [-0.1, -0.05) is 30.1 Å². The highest BCUT2D eigenvalue weighted by molar-refractivity contribution is 6.32. The molecular formula is C11H8Cl2FN3O2. The Morgan fingerprint density at radius 2 is 2.16 bits per heavy atom. The molecule has 100 valence electrons. The van der Waals surface area contributed by atoms with Gasteiger partial charge in [0.2, 0.25) is 5.15 Å². The van der Waals surface area contributed by atoms with Crippen molar-refractivity contribution in [3.05, 3.63) is 50.0 Å². The molecule has 0 atom stereocenters. The van der Waals surface area contributed by atoms with E-state index in [4.69, 9.17) is 23.2 Å². The molecule has 8 heteroatoms. The summed E-state index contributed by atoms with van der Waals surface area (Å²) in [5.41, 5.74) is 0.250. The maximum absolute atomic E-state index is 13.4. The zero-order chi connectivity index (χ0) is 14.2. The van der Waals surface area contributed by atoms with Crippen LogP contribution in [0.4, 0.5) is 10.1 Å². The van der Waals surface area contributed by atoms with Crippen LogP contribution in [-0.2, 0) is 6.42 Å². The second-order valence-corrected chi connectivity index (χ2v) is 4.47. The van der Waals surface area contributed by atoms with Crippen LogP contribution in [0.5, 0.6) is 0 Å². The first-order valence-electron chi connectivity index (χ1n) is 5.33. The molecule has 0 saturated carbocycles. The zero-order valence-corrected chi connectivity index (χ0v) is 11.2. The Balaban J connectivity index is 2.62. The van der Waals surface area contributed by atoms with Crippen molar-refractivity contribution in [2.45, 2.75) is 13.3 Å². The first kappa shape index (κ1) is 13.8. The van der Waals surface area contributed by atoms with Gasteiger partial charge in [0.05, 0.1) is 15.6 Å². The van der Waals surface area contributed by atoms with Crippen LogP contribution in [0, 0.1) is 15.9 Å². The normalized spacial score (nSPS) is 10.7. The van der Waals surface area contributed by atoms with Gasteiger partial charge in [0, 0.05) is 6.07 Å². The minimum absolute atomic E-state index is 0.0442. The number of rotatable bonds is 3. The highest BCUT2D eigenvalue weighted by Crippen LogP contribution is 2.31. The molecule has 0 unspecified atom stereocenters. The molecule has 1 aromatic heterocycles. The second kappa shape index (κ2) is 5.14. The van der Waals surface area contributed by atoms with Crippen molar-refractivity contribution in [1.29, 1.82) is 0 Å². The van der Waals surface area contributed by atoms with Crippen LogP contribution >= 0.6 is 23.2 Å². The maximum Gasteiger partial charge on any atom is 0.329 e. The van der Waals surface area contributed by atoms with Crippen LogP contribution in [0.2, 0.25) is 10.2 Å². The van der Waals surface area contributed by atoms with Crippen LogP contribution in [0.1, 0.15) is 12.6 Å². The Hall–Kier alpha value is -1.66. The second-order valence-electron chi connectivity index (χ2n) is 3.71. The molecule has 0 amide bonds. The molecule has 0 fully saturated rings. The molecule has 2 rings (SSSR count). The van der Waals surface area contributed by atoms with Gasteiger partial charge in [0.15, 0.2) is 0 Å². The lowest BCUT2D eigenvalue weighted by Crippen LogP contribution is -1.98. The van der Waals surface area contributed by atoms with Crippen molar-refractivity contribution in [2.24, 2.45) is 0 Å². The molecule has 0 aliphatic carbocycles. The molecule has 0 saturated heterocycles. The third-order valence-electron chi connectivity index (χ3n) is 2.54. The number of nitro groups is 1. The van der Waals surface area contributed by atoms with E-state index in [1.807, 2.05) is 0 Å². The number of hydrogen-bond acceptors (Lipinski definition) is 3. The third kappa shape index (κ3) is 2.41. The molecule has 1 aromatic carbocycles. The van der Waals surface area contributed by atoms with E-state index in [-0.39, 0.29) is 27.2 Å². The van der Waals surface area contributed by atoms with E-state index in [9.17, 15) is 14.5 Å². The van der Waals surface area contributed by atoms with Gasteiger partial charge in [-0.2, -0.15) is 5.10 Å². The number of hydrogen-bond donors (Lipinski definition) is 0. The number of halogens is 3. The summed E-state index contributed by atoms with van der Waals surface area (Å²) in [7, 11) is 0. The van der Waals surface area contributed by atoms with Crippen LogP contribution in [0.15, 0.2) is 18.2 Å². The highest BCUT2D eigenvalue weighted by Gasteiger charge is 2.26. The lowest BCUT2D eigenvalue weighted by atomic mass is 10.3. The molecule has 0 aliphatic heterocycles. The number of benzene rings is 1. The highest BCUT2D eigenvalue weighted by atomic mass is 35.5. The Morgan fingerprint density at radius 3 is 2.63 bits per heavy atom. The average Bonchev–Trinajstić information content (AvgIpc) is 2.70. The molecule has 0 N–H and O–H groups in total. The lowest BCUT2D eigenvalue weighted by Gasteiger charge is -2.03. The van der Waals surface area contributed by atoms with Gasteiger partial charge in [-0.25, -0.2) is 9.07 Å². The van der Waals surface area contributed by atoms with Gasteiger partial charge < -0.3 is 0 Å². The third-order valence-corrected chi connectivity index (χ3v) is 3.19. The van der Waals surface area contributed by atoms with Gasteiger partial charge in [-0.05, 0) is 18.6 Å². The Bertz CT molecular complexity index is 658. The number of nitrogens with zero attached hydrogens (tertiary/aromatic N) is 3. The first-order chi connectivity index (χ1) is 8.95. The Kier molecular flexibility index (Phi) is 3.73. The predicted molar refractivity (Wildman–Crippen MR) is 69.6 cm³/mol. The fraction of sp³-hybridized carbons (Fsp3) is 0.182. The van der Waals surface area contributed by atoms with Gasteiger partial charge >= 0.3 is 5.69 Å². The molecule has 0 bridgehead atoms. The SMILES string of the molecule is CCc1nn(-c2ccc(Cl)c(F)c2)c(Cl)c1[N+](=O)[O-]. The van der Waals surface area contributed by atoms with E-state index in [0.717, 1.165) is 10.7 Å². The molecular weight excluding hydrogens is 296 g/mol. The topological polar surface area (TPSA) is 61.0 Å². The largest absolute Gasteiger partial charge is 0.329 e. The summed E-state index contributed by atoms with van der Waals surface area (Å²) in [4.78, 5) is 10.3. The summed E-state index contributed by atoms with van der Waals surface area (Å²) in [5, 5.41) is 14.8. The van der Waals surface area contributed by atoms with Crippen molar-refractivity contribution >= 4 is 28.9 Å². The number of aromatic nitrogens is 2. The Morgan fingerprint density at radius 1 is 1.47 bits per heavy atom. The fourth-order valence-corrected chi connectivity index (χ4v) is 2.07. The zero-order valence-electron chi connectivity index (χ0n) is 9.73. The molecule has 1 heterocycles. The summed E-state index contributed by atoms with van der Waals surface area (Å²) >= 11 is 11.5. The molecule has 0 aliphatic rings. The predicted octanol–water partition coefficient (Wildman–Crippen LogP) is 3.79. The molecule has 2 aromatic rings. The van der Waals surface area contributed by atoms with Crippen molar-refractivity contribution in [3.63, 3.8) is 0 Å². The first-order valence-corrected chi connectivity index (χ1v) is 6.08. The van der Waals surface area contributed by atoms with E-state index < -0.39 is 10.7 Å². The monoisotopic (exact) mass is 303 g/mol. The van der Waals surface area contributed by atoms with Crippen LogP contribution in [-0.4, -0.2) is 14.7 Å². The van der Waals surface area contributed by atoms with E-state index in [0.29, 0.717) is 6.42 Å². The molecule has 19 heavy (non-hydrogen) atoms. The van der Waals surface area contributed by atoms with E-state index in [2.05, 4.69) is 5.10 Å². The molecule has 0 spiro atoms. The Labute approximate surface area is 117 Å².